The molecule has 0 atom stereocenters. The smallest absolute Gasteiger partial charge is 0.255 e. The van der Waals surface area contributed by atoms with Crippen LogP contribution in [0.5, 0.6) is 0 Å². The van der Waals surface area contributed by atoms with Crippen molar-refractivity contribution in [3.63, 3.8) is 0 Å². The minimum absolute atomic E-state index is 0.195. The number of nitrogens with zero attached hydrogens (tertiary/aromatic N) is 3. The maximum Gasteiger partial charge on any atom is 0.255 e. The van der Waals surface area contributed by atoms with Gasteiger partial charge in [0.2, 0.25) is 5.82 Å². The Hall–Kier alpha value is -2.73. The third-order valence-electron chi connectivity index (χ3n) is 2.85. The number of nitrogens with one attached hydrogen (secondary N) is 2. The first-order valence-electron chi connectivity index (χ1n) is 6.13. The van der Waals surface area contributed by atoms with E-state index in [0.717, 1.165) is 5.56 Å². The summed E-state index contributed by atoms with van der Waals surface area (Å²) in [6.07, 6.45) is 0. The van der Waals surface area contributed by atoms with Gasteiger partial charge in [0.25, 0.3) is 5.91 Å². The van der Waals surface area contributed by atoms with Crippen molar-refractivity contribution >= 4 is 23.2 Å². The SMILES string of the molecule is O=C(Nc1ccc(-c2nn[nH]n2)cc1)c1ccc(Cl)cc1. The topological polar surface area (TPSA) is 83.6 Å². The Morgan fingerprint density at radius 1 is 1.05 bits per heavy atom. The number of rotatable bonds is 3. The van der Waals surface area contributed by atoms with E-state index in [1.165, 1.54) is 0 Å². The largest absolute Gasteiger partial charge is 0.322 e. The summed E-state index contributed by atoms with van der Waals surface area (Å²) in [5.41, 5.74) is 2.04. The number of amides is 1. The number of aromatic nitrogens is 4. The van der Waals surface area contributed by atoms with Crippen molar-refractivity contribution in [2.45, 2.75) is 0 Å². The molecule has 104 valence electrons. The molecule has 7 heteroatoms. The van der Waals surface area contributed by atoms with E-state index in [1.807, 2.05) is 12.1 Å². The molecule has 0 unspecified atom stereocenters. The molecule has 0 bridgehead atoms. The fourth-order valence-corrected chi connectivity index (χ4v) is 1.92. The number of tetrazole rings is 1. The highest BCUT2D eigenvalue weighted by Crippen LogP contribution is 2.18. The van der Waals surface area contributed by atoms with E-state index in [0.29, 0.717) is 22.1 Å². The zero-order valence-corrected chi connectivity index (χ0v) is 11.5. The predicted octanol–water partition coefficient (Wildman–Crippen LogP) is 2.77. The summed E-state index contributed by atoms with van der Waals surface area (Å²) >= 11 is 5.79. The molecule has 1 heterocycles. The van der Waals surface area contributed by atoms with Crippen molar-refractivity contribution in [1.29, 1.82) is 0 Å². The molecular formula is C14H10ClN5O. The molecule has 0 aliphatic carbocycles. The molecule has 0 saturated heterocycles. The first-order chi connectivity index (χ1) is 10.2. The van der Waals surface area contributed by atoms with Crippen LogP contribution in [0.1, 0.15) is 10.4 Å². The maximum absolute atomic E-state index is 12.0. The average Bonchev–Trinajstić information content (AvgIpc) is 3.03. The van der Waals surface area contributed by atoms with Crippen LogP contribution in [0.3, 0.4) is 0 Å². The first-order valence-corrected chi connectivity index (χ1v) is 6.51. The van der Waals surface area contributed by atoms with Crippen LogP contribution in [0.25, 0.3) is 11.4 Å². The number of carbonyl (C=O) groups is 1. The van der Waals surface area contributed by atoms with E-state index in [4.69, 9.17) is 11.6 Å². The molecule has 0 aliphatic rings. The highest BCUT2D eigenvalue weighted by molar-refractivity contribution is 6.30. The fourth-order valence-electron chi connectivity index (χ4n) is 1.79. The molecular weight excluding hydrogens is 290 g/mol. The molecule has 3 rings (SSSR count). The molecule has 3 aromatic rings. The summed E-state index contributed by atoms with van der Waals surface area (Å²) in [5, 5.41) is 17.1. The monoisotopic (exact) mass is 299 g/mol. The van der Waals surface area contributed by atoms with Crippen molar-refractivity contribution in [3.05, 3.63) is 59.1 Å². The standard InChI is InChI=1S/C14H10ClN5O/c15-11-5-1-10(2-6-11)14(21)16-12-7-3-9(4-8-12)13-17-19-20-18-13/h1-8H,(H,16,21)(H,17,18,19,20). The van der Waals surface area contributed by atoms with E-state index in [9.17, 15) is 4.79 Å². The number of benzene rings is 2. The average molecular weight is 300 g/mol. The molecule has 0 saturated carbocycles. The Morgan fingerprint density at radius 2 is 1.76 bits per heavy atom. The summed E-state index contributed by atoms with van der Waals surface area (Å²) in [7, 11) is 0. The van der Waals surface area contributed by atoms with Gasteiger partial charge in [-0.15, -0.1) is 10.2 Å². The molecule has 0 spiro atoms. The molecule has 1 aromatic heterocycles. The van der Waals surface area contributed by atoms with Gasteiger partial charge in [0.05, 0.1) is 0 Å². The van der Waals surface area contributed by atoms with E-state index in [1.54, 1.807) is 36.4 Å². The number of anilines is 1. The number of halogens is 1. The van der Waals surface area contributed by atoms with E-state index in [-0.39, 0.29) is 5.91 Å². The maximum atomic E-state index is 12.0. The number of H-pyrrole nitrogens is 1. The van der Waals surface area contributed by atoms with Gasteiger partial charge in [0, 0.05) is 21.8 Å². The van der Waals surface area contributed by atoms with Crippen molar-refractivity contribution < 1.29 is 4.79 Å². The lowest BCUT2D eigenvalue weighted by Gasteiger charge is -2.05. The van der Waals surface area contributed by atoms with Crippen LogP contribution in [0, 0.1) is 0 Å². The Balaban J connectivity index is 1.73. The second-order valence-corrected chi connectivity index (χ2v) is 4.71. The Labute approximate surface area is 125 Å². The summed E-state index contributed by atoms with van der Waals surface area (Å²) in [5.74, 6) is 0.310. The van der Waals surface area contributed by atoms with Gasteiger partial charge in [0.15, 0.2) is 0 Å². The normalized spacial score (nSPS) is 10.3. The third-order valence-corrected chi connectivity index (χ3v) is 3.10. The predicted molar refractivity (Wildman–Crippen MR) is 79.0 cm³/mol. The third kappa shape index (κ3) is 3.06. The second-order valence-electron chi connectivity index (χ2n) is 4.27. The number of hydrogen-bond donors (Lipinski definition) is 2. The minimum atomic E-state index is -0.195. The summed E-state index contributed by atoms with van der Waals surface area (Å²) in [6, 6.07) is 13.9. The fraction of sp³-hybridized carbons (Fsp3) is 0. The summed E-state index contributed by atoms with van der Waals surface area (Å²) < 4.78 is 0. The van der Waals surface area contributed by atoms with Gasteiger partial charge in [-0.2, -0.15) is 5.21 Å². The number of hydrogen-bond acceptors (Lipinski definition) is 4. The van der Waals surface area contributed by atoms with Crippen molar-refractivity contribution in [2.24, 2.45) is 0 Å². The lowest BCUT2D eigenvalue weighted by molar-refractivity contribution is 0.102. The first kappa shape index (κ1) is 13.3. The van der Waals surface area contributed by atoms with E-state index >= 15 is 0 Å². The molecule has 21 heavy (non-hydrogen) atoms. The lowest BCUT2D eigenvalue weighted by Crippen LogP contribution is -2.11. The molecule has 0 radical (unpaired) electrons. The quantitative estimate of drug-likeness (QED) is 0.779. The molecule has 1 amide bonds. The van der Waals surface area contributed by atoms with E-state index < -0.39 is 0 Å². The molecule has 0 aliphatic heterocycles. The summed E-state index contributed by atoms with van der Waals surface area (Å²) in [6.45, 7) is 0. The van der Waals surface area contributed by atoms with Crippen LogP contribution in [0.2, 0.25) is 5.02 Å². The highest BCUT2D eigenvalue weighted by Gasteiger charge is 2.07. The van der Waals surface area contributed by atoms with Crippen LogP contribution >= 0.6 is 11.6 Å². The van der Waals surface area contributed by atoms with Gasteiger partial charge < -0.3 is 5.32 Å². The van der Waals surface area contributed by atoms with Gasteiger partial charge in [-0.3, -0.25) is 4.79 Å². The van der Waals surface area contributed by atoms with Crippen LogP contribution in [-0.4, -0.2) is 26.5 Å². The Bertz CT molecular complexity index is 738. The minimum Gasteiger partial charge on any atom is -0.322 e. The summed E-state index contributed by atoms with van der Waals surface area (Å²) in [4.78, 5) is 12.0. The Morgan fingerprint density at radius 3 is 2.38 bits per heavy atom. The van der Waals surface area contributed by atoms with Gasteiger partial charge in [-0.1, -0.05) is 11.6 Å². The Kier molecular flexibility index (Phi) is 3.61. The molecule has 2 aromatic carbocycles. The van der Waals surface area contributed by atoms with Crippen LogP contribution in [0.4, 0.5) is 5.69 Å². The van der Waals surface area contributed by atoms with Crippen LogP contribution in [-0.2, 0) is 0 Å². The number of carbonyl (C=O) groups excluding carboxylic acids is 1. The number of aromatic amines is 1. The zero-order valence-electron chi connectivity index (χ0n) is 10.7. The molecule has 2 N–H and O–H groups in total. The van der Waals surface area contributed by atoms with Gasteiger partial charge in [-0.25, -0.2) is 0 Å². The van der Waals surface area contributed by atoms with Crippen molar-refractivity contribution in [1.82, 2.24) is 20.6 Å². The lowest BCUT2D eigenvalue weighted by atomic mass is 10.1. The zero-order chi connectivity index (χ0) is 14.7. The molecule has 0 fully saturated rings. The van der Waals surface area contributed by atoms with Crippen molar-refractivity contribution in [2.75, 3.05) is 5.32 Å². The van der Waals surface area contributed by atoms with E-state index in [2.05, 4.69) is 25.9 Å². The highest BCUT2D eigenvalue weighted by atomic mass is 35.5. The van der Waals surface area contributed by atoms with Gasteiger partial charge >= 0.3 is 0 Å². The van der Waals surface area contributed by atoms with Crippen molar-refractivity contribution in [3.8, 4) is 11.4 Å². The second kappa shape index (κ2) is 5.72. The van der Waals surface area contributed by atoms with Gasteiger partial charge in [-0.05, 0) is 53.7 Å². The van der Waals surface area contributed by atoms with Gasteiger partial charge in [0.1, 0.15) is 0 Å². The molecule has 6 nitrogen and oxygen atoms in total. The van der Waals surface area contributed by atoms with Crippen LogP contribution < -0.4 is 5.32 Å². The van der Waals surface area contributed by atoms with Crippen LogP contribution in [0.15, 0.2) is 48.5 Å².